The number of aromatic nitrogens is 2. The first-order chi connectivity index (χ1) is 10.9. The highest BCUT2D eigenvalue weighted by atomic mass is 35.5. The van der Waals surface area contributed by atoms with Crippen molar-refractivity contribution < 1.29 is 8.42 Å². The van der Waals surface area contributed by atoms with Crippen LogP contribution in [0.5, 0.6) is 0 Å². The van der Waals surface area contributed by atoms with Gasteiger partial charge in [-0.1, -0.05) is 30.3 Å². The first-order valence-electron chi connectivity index (χ1n) is 6.95. The second kappa shape index (κ2) is 7.02. The van der Waals surface area contributed by atoms with Gasteiger partial charge in [0, 0.05) is 17.5 Å². The van der Waals surface area contributed by atoms with Crippen LogP contribution in [0.1, 0.15) is 11.3 Å². The van der Waals surface area contributed by atoms with E-state index in [1.165, 1.54) is 0 Å². The molecule has 0 aliphatic heterocycles. The highest BCUT2D eigenvalue weighted by Gasteiger charge is 2.07. The normalized spacial score (nSPS) is 11.0. The van der Waals surface area contributed by atoms with Crippen molar-refractivity contribution in [2.24, 2.45) is 0 Å². The van der Waals surface area contributed by atoms with Crippen molar-refractivity contribution in [3.8, 4) is 0 Å². The summed E-state index contributed by atoms with van der Waals surface area (Å²) in [5.41, 5.74) is 2.03. The average molecular weight is 366 g/mol. The van der Waals surface area contributed by atoms with E-state index in [0.29, 0.717) is 17.5 Å². The van der Waals surface area contributed by atoms with Crippen molar-refractivity contribution in [1.29, 1.82) is 0 Å². The Kier molecular flexibility index (Phi) is 5.26. The molecule has 0 aliphatic rings. The van der Waals surface area contributed by atoms with Crippen molar-refractivity contribution in [3.05, 3.63) is 70.1 Å². The molecule has 0 spiro atoms. The number of nitrogens with one attached hydrogen (secondary N) is 2. The standard InChI is InChI=1S/C16H15N3O3S.ClH/c1-23(21,22)19-12-8-6-11(7-9-12)10-15-13-4-2-3-5-14(13)16(20)18-17-15;/h2-9,19H,10H2,1H3,(H,18,20);1H. The SMILES string of the molecule is CS(=O)(=O)Nc1ccc(Cc2n[nH]c(=O)c3ccccc23)cc1.Cl. The molecule has 0 fully saturated rings. The second-order valence-corrected chi connectivity index (χ2v) is 7.04. The van der Waals surface area contributed by atoms with E-state index in [1.54, 1.807) is 18.2 Å². The zero-order valence-electron chi connectivity index (χ0n) is 12.8. The Morgan fingerprint density at radius 3 is 2.29 bits per heavy atom. The number of rotatable bonds is 4. The molecule has 6 nitrogen and oxygen atoms in total. The van der Waals surface area contributed by atoms with E-state index in [4.69, 9.17) is 0 Å². The zero-order valence-corrected chi connectivity index (χ0v) is 14.4. The van der Waals surface area contributed by atoms with Crippen LogP contribution >= 0.6 is 12.4 Å². The van der Waals surface area contributed by atoms with Crippen LogP contribution in [0.4, 0.5) is 5.69 Å². The summed E-state index contributed by atoms with van der Waals surface area (Å²) in [6.45, 7) is 0. The summed E-state index contributed by atoms with van der Waals surface area (Å²) in [5, 5.41) is 8.06. The molecule has 126 valence electrons. The quantitative estimate of drug-likeness (QED) is 0.742. The molecule has 1 heterocycles. The largest absolute Gasteiger partial charge is 0.284 e. The summed E-state index contributed by atoms with van der Waals surface area (Å²) in [6, 6.07) is 14.4. The van der Waals surface area contributed by atoms with Gasteiger partial charge in [0.1, 0.15) is 0 Å². The molecule has 8 heteroatoms. The summed E-state index contributed by atoms with van der Waals surface area (Å²) in [4.78, 5) is 11.8. The Balaban J connectivity index is 0.00000208. The molecule has 0 saturated heterocycles. The van der Waals surface area contributed by atoms with E-state index in [2.05, 4.69) is 14.9 Å². The molecule has 3 rings (SSSR count). The number of hydrogen-bond acceptors (Lipinski definition) is 4. The third kappa shape index (κ3) is 4.12. The minimum Gasteiger partial charge on any atom is -0.284 e. The van der Waals surface area contributed by atoms with Gasteiger partial charge >= 0.3 is 0 Å². The van der Waals surface area contributed by atoms with Crippen LogP contribution in [0, 0.1) is 0 Å². The molecule has 3 aromatic rings. The fraction of sp³-hybridized carbons (Fsp3) is 0.125. The van der Waals surface area contributed by atoms with Gasteiger partial charge in [-0.2, -0.15) is 5.10 Å². The van der Waals surface area contributed by atoms with Crippen LogP contribution in [0.15, 0.2) is 53.3 Å². The highest BCUT2D eigenvalue weighted by Crippen LogP contribution is 2.18. The average Bonchev–Trinajstić information content (AvgIpc) is 2.51. The Bertz CT molecular complexity index is 1010. The first-order valence-corrected chi connectivity index (χ1v) is 8.84. The van der Waals surface area contributed by atoms with Gasteiger partial charge in [-0.15, -0.1) is 12.4 Å². The van der Waals surface area contributed by atoms with Crippen LogP contribution in [-0.2, 0) is 16.4 Å². The topological polar surface area (TPSA) is 91.9 Å². The fourth-order valence-electron chi connectivity index (χ4n) is 2.40. The predicted molar refractivity (Wildman–Crippen MR) is 97.3 cm³/mol. The minimum absolute atomic E-state index is 0. The Morgan fingerprint density at radius 1 is 1.04 bits per heavy atom. The van der Waals surface area contributed by atoms with Gasteiger partial charge in [0.25, 0.3) is 5.56 Å². The van der Waals surface area contributed by atoms with E-state index in [-0.39, 0.29) is 18.0 Å². The lowest BCUT2D eigenvalue weighted by Gasteiger charge is -2.07. The van der Waals surface area contributed by atoms with Crippen molar-refractivity contribution in [3.63, 3.8) is 0 Å². The molecule has 0 atom stereocenters. The van der Waals surface area contributed by atoms with Gasteiger partial charge in [0.15, 0.2) is 0 Å². The number of fused-ring (bicyclic) bond motifs is 1. The number of aromatic amines is 1. The van der Waals surface area contributed by atoms with Gasteiger partial charge in [-0.05, 0) is 23.8 Å². The number of benzene rings is 2. The van der Waals surface area contributed by atoms with Crippen LogP contribution in [-0.4, -0.2) is 24.9 Å². The summed E-state index contributed by atoms with van der Waals surface area (Å²) >= 11 is 0. The summed E-state index contributed by atoms with van der Waals surface area (Å²) in [5.74, 6) is 0. The minimum atomic E-state index is -3.28. The molecule has 0 amide bonds. The van der Waals surface area contributed by atoms with Crippen LogP contribution in [0.3, 0.4) is 0 Å². The predicted octanol–water partition coefficient (Wildman–Crippen LogP) is 2.31. The number of halogens is 1. The molecule has 24 heavy (non-hydrogen) atoms. The van der Waals surface area contributed by atoms with Crippen molar-refractivity contribution in [2.45, 2.75) is 6.42 Å². The van der Waals surface area contributed by atoms with Crippen molar-refractivity contribution >= 4 is 38.9 Å². The van der Waals surface area contributed by atoms with Crippen LogP contribution in [0.25, 0.3) is 10.8 Å². The van der Waals surface area contributed by atoms with E-state index in [9.17, 15) is 13.2 Å². The fourth-order valence-corrected chi connectivity index (χ4v) is 2.97. The lowest BCUT2D eigenvalue weighted by molar-refractivity contribution is 0.607. The van der Waals surface area contributed by atoms with E-state index >= 15 is 0 Å². The maximum absolute atomic E-state index is 11.8. The smallest absolute Gasteiger partial charge is 0.272 e. The van der Waals surface area contributed by atoms with Crippen LogP contribution in [0.2, 0.25) is 0 Å². The van der Waals surface area contributed by atoms with Gasteiger partial charge < -0.3 is 0 Å². The summed E-state index contributed by atoms with van der Waals surface area (Å²) in [7, 11) is -3.28. The lowest BCUT2D eigenvalue weighted by atomic mass is 10.0. The Hall–Kier alpha value is -2.38. The molecule has 2 N–H and O–H groups in total. The molecule has 1 aromatic heterocycles. The molecule has 0 saturated carbocycles. The number of anilines is 1. The first kappa shape index (κ1) is 18.0. The monoisotopic (exact) mass is 365 g/mol. The number of sulfonamides is 1. The summed E-state index contributed by atoms with van der Waals surface area (Å²) in [6.07, 6.45) is 1.65. The highest BCUT2D eigenvalue weighted by molar-refractivity contribution is 7.92. The third-order valence-corrected chi connectivity index (χ3v) is 4.01. The summed E-state index contributed by atoms with van der Waals surface area (Å²) < 4.78 is 24.8. The Labute approximate surface area is 145 Å². The van der Waals surface area contributed by atoms with Gasteiger partial charge in [0.05, 0.1) is 17.3 Å². The molecule has 0 aliphatic carbocycles. The number of nitrogens with zero attached hydrogens (tertiary/aromatic N) is 1. The van der Waals surface area contributed by atoms with Gasteiger partial charge in [-0.25, -0.2) is 13.5 Å². The lowest BCUT2D eigenvalue weighted by Crippen LogP contribution is -2.11. The molecule has 0 unspecified atom stereocenters. The van der Waals surface area contributed by atoms with Crippen LogP contribution < -0.4 is 10.3 Å². The van der Waals surface area contributed by atoms with Gasteiger partial charge in [0.2, 0.25) is 10.0 Å². The zero-order chi connectivity index (χ0) is 16.4. The maximum Gasteiger partial charge on any atom is 0.272 e. The van der Waals surface area contributed by atoms with E-state index in [1.807, 2.05) is 30.3 Å². The molecule has 0 radical (unpaired) electrons. The Morgan fingerprint density at radius 2 is 1.67 bits per heavy atom. The van der Waals surface area contributed by atoms with Gasteiger partial charge in [-0.3, -0.25) is 9.52 Å². The molecular formula is C16H16ClN3O3S. The second-order valence-electron chi connectivity index (χ2n) is 5.29. The number of hydrogen-bond donors (Lipinski definition) is 2. The number of H-pyrrole nitrogens is 1. The van der Waals surface area contributed by atoms with E-state index in [0.717, 1.165) is 22.9 Å². The van der Waals surface area contributed by atoms with E-state index < -0.39 is 10.0 Å². The maximum atomic E-state index is 11.8. The molecular weight excluding hydrogens is 350 g/mol. The van der Waals surface area contributed by atoms with Crippen molar-refractivity contribution in [2.75, 3.05) is 11.0 Å². The third-order valence-electron chi connectivity index (χ3n) is 3.40. The van der Waals surface area contributed by atoms with Crippen molar-refractivity contribution in [1.82, 2.24) is 10.2 Å². The molecule has 2 aromatic carbocycles. The molecule has 0 bridgehead atoms.